The third-order valence-corrected chi connectivity index (χ3v) is 4.10. The maximum absolute atomic E-state index is 11.9. The van der Waals surface area contributed by atoms with E-state index in [0.29, 0.717) is 11.6 Å². The van der Waals surface area contributed by atoms with Gasteiger partial charge in [0.05, 0.1) is 5.75 Å². The Kier molecular flexibility index (Phi) is 5.65. The number of hydrogen-bond acceptors (Lipinski definition) is 6. The van der Waals surface area contributed by atoms with Crippen LogP contribution in [0, 0.1) is 6.92 Å². The zero-order chi connectivity index (χ0) is 18.4. The Labute approximate surface area is 154 Å². The average Bonchev–Trinajstić information content (AvgIpc) is 3.10. The lowest BCUT2D eigenvalue weighted by molar-refractivity contribution is -0.117. The smallest absolute Gasteiger partial charge is 0.325 e. The van der Waals surface area contributed by atoms with Gasteiger partial charge in [-0.05, 0) is 31.2 Å². The van der Waals surface area contributed by atoms with Crippen LogP contribution in [0.3, 0.4) is 0 Å². The number of amides is 3. The molecule has 2 aromatic carbocycles. The SMILES string of the molecule is Cc1cccc(-c2nnc(SCC(=O)NC(=O)Nc3ccccc3)o2)c1. The number of carbonyl (C=O) groups is 2. The Bertz CT molecular complexity index is 912. The Morgan fingerprint density at radius 2 is 1.88 bits per heavy atom. The van der Waals surface area contributed by atoms with Gasteiger partial charge in [0.25, 0.3) is 5.22 Å². The lowest BCUT2D eigenvalue weighted by Gasteiger charge is -2.05. The van der Waals surface area contributed by atoms with Crippen LogP contribution in [0.25, 0.3) is 11.5 Å². The van der Waals surface area contributed by atoms with E-state index < -0.39 is 11.9 Å². The van der Waals surface area contributed by atoms with Gasteiger partial charge in [-0.15, -0.1) is 10.2 Å². The molecule has 0 saturated heterocycles. The summed E-state index contributed by atoms with van der Waals surface area (Å²) in [6.07, 6.45) is 0. The topological polar surface area (TPSA) is 97.1 Å². The largest absolute Gasteiger partial charge is 0.411 e. The molecule has 0 bridgehead atoms. The number of thioether (sulfide) groups is 1. The van der Waals surface area contributed by atoms with Crippen LogP contribution >= 0.6 is 11.8 Å². The molecular weight excluding hydrogens is 352 g/mol. The molecule has 0 aliphatic heterocycles. The molecule has 3 amide bonds. The van der Waals surface area contributed by atoms with Crippen LogP contribution in [-0.2, 0) is 4.79 Å². The van der Waals surface area contributed by atoms with Crippen LogP contribution in [0.4, 0.5) is 10.5 Å². The van der Waals surface area contributed by atoms with Crippen molar-refractivity contribution in [3.05, 3.63) is 60.2 Å². The van der Waals surface area contributed by atoms with Crippen molar-refractivity contribution in [1.29, 1.82) is 0 Å². The highest BCUT2D eigenvalue weighted by Gasteiger charge is 2.13. The number of nitrogens with one attached hydrogen (secondary N) is 2. The van der Waals surface area contributed by atoms with Gasteiger partial charge in [0.2, 0.25) is 11.8 Å². The molecule has 1 aromatic heterocycles. The third-order valence-electron chi connectivity index (χ3n) is 3.28. The normalized spacial score (nSPS) is 10.3. The number of anilines is 1. The van der Waals surface area contributed by atoms with E-state index in [4.69, 9.17) is 4.42 Å². The molecule has 7 nitrogen and oxygen atoms in total. The minimum atomic E-state index is -0.590. The van der Waals surface area contributed by atoms with Gasteiger partial charge in [-0.2, -0.15) is 0 Å². The molecule has 0 atom stereocenters. The summed E-state index contributed by atoms with van der Waals surface area (Å²) < 4.78 is 5.54. The van der Waals surface area contributed by atoms with Gasteiger partial charge in [-0.1, -0.05) is 47.7 Å². The summed E-state index contributed by atoms with van der Waals surface area (Å²) in [5, 5.41) is 13.0. The van der Waals surface area contributed by atoms with Crippen LogP contribution in [-0.4, -0.2) is 27.9 Å². The number of para-hydroxylation sites is 1. The van der Waals surface area contributed by atoms with E-state index in [1.54, 1.807) is 24.3 Å². The summed E-state index contributed by atoms with van der Waals surface area (Å²) in [5.41, 5.74) is 2.50. The number of hydrogen-bond donors (Lipinski definition) is 2. The molecule has 0 spiro atoms. The van der Waals surface area contributed by atoms with Crippen LogP contribution < -0.4 is 10.6 Å². The second kappa shape index (κ2) is 8.30. The summed E-state index contributed by atoms with van der Waals surface area (Å²) >= 11 is 1.06. The van der Waals surface area contributed by atoms with Gasteiger partial charge in [-0.25, -0.2) is 4.79 Å². The molecule has 3 rings (SSSR count). The van der Waals surface area contributed by atoms with Crippen molar-refractivity contribution < 1.29 is 14.0 Å². The summed E-state index contributed by atoms with van der Waals surface area (Å²) in [6.45, 7) is 1.97. The van der Waals surface area contributed by atoms with Gasteiger partial charge in [-0.3, -0.25) is 10.1 Å². The Hall–Kier alpha value is -3.13. The highest BCUT2D eigenvalue weighted by atomic mass is 32.2. The number of benzene rings is 2. The van der Waals surface area contributed by atoms with Gasteiger partial charge in [0, 0.05) is 11.3 Å². The molecule has 8 heteroatoms. The van der Waals surface area contributed by atoms with Crippen LogP contribution in [0.2, 0.25) is 0 Å². The molecule has 0 fully saturated rings. The second-order valence-electron chi connectivity index (χ2n) is 5.40. The number of imide groups is 1. The minimum absolute atomic E-state index is 0.0162. The molecule has 3 aromatic rings. The van der Waals surface area contributed by atoms with Crippen LogP contribution in [0.1, 0.15) is 5.56 Å². The van der Waals surface area contributed by atoms with Crippen molar-refractivity contribution in [1.82, 2.24) is 15.5 Å². The third kappa shape index (κ3) is 4.93. The molecule has 0 saturated carbocycles. The fraction of sp³-hybridized carbons (Fsp3) is 0.111. The zero-order valence-corrected chi connectivity index (χ0v) is 14.7. The first kappa shape index (κ1) is 17.7. The maximum Gasteiger partial charge on any atom is 0.325 e. The predicted molar refractivity (Wildman–Crippen MR) is 98.8 cm³/mol. The summed E-state index contributed by atoms with van der Waals surface area (Å²) in [5.74, 6) is -0.0883. The number of rotatable bonds is 5. The molecule has 132 valence electrons. The zero-order valence-electron chi connectivity index (χ0n) is 13.9. The molecule has 0 radical (unpaired) electrons. The van der Waals surface area contributed by atoms with Gasteiger partial charge in [0.1, 0.15) is 0 Å². The van der Waals surface area contributed by atoms with E-state index >= 15 is 0 Å². The van der Waals surface area contributed by atoms with Crippen molar-refractivity contribution in [2.24, 2.45) is 0 Å². The number of aryl methyl sites for hydroxylation is 1. The minimum Gasteiger partial charge on any atom is -0.411 e. The highest BCUT2D eigenvalue weighted by Crippen LogP contribution is 2.23. The van der Waals surface area contributed by atoms with Crippen molar-refractivity contribution in [3.8, 4) is 11.5 Å². The van der Waals surface area contributed by atoms with E-state index in [1.807, 2.05) is 37.3 Å². The molecule has 0 unspecified atom stereocenters. The van der Waals surface area contributed by atoms with E-state index in [-0.39, 0.29) is 11.0 Å². The van der Waals surface area contributed by atoms with Gasteiger partial charge < -0.3 is 9.73 Å². The van der Waals surface area contributed by atoms with Gasteiger partial charge >= 0.3 is 6.03 Å². The average molecular weight is 368 g/mol. The first-order chi connectivity index (χ1) is 12.6. The fourth-order valence-corrected chi connectivity index (χ4v) is 2.70. The van der Waals surface area contributed by atoms with Crippen molar-refractivity contribution in [2.75, 3.05) is 11.1 Å². The van der Waals surface area contributed by atoms with E-state index in [9.17, 15) is 9.59 Å². The molecule has 2 N–H and O–H groups in total. The first-order valence-corrected chi connectivity index (χ1v) is 8.78. The summed E-state index contributed by atoms with van der Waals surface area (Å²) in [4.78, 5) is 23.6. The lowest BCUT2D eigenvalue weighted by atomic mass is 10.1. The monoisotopic (exact) mass is 368 g/mol. The quantitative estimate of drug-likeness (QED) is 0.669. The Morgan fingerprint density at radius 3 is 2.65 bits per heavy atom. The Balaban J connectivity index is 1.49. The van der Waals surface area contributed by atoms with Crippen molar-refractivity contribution >= 4 is 29.4 Å². The second-order valence-corrected chi connectivity index (χ2v) is 6.33. The highest BCUT2D eigenvalue weighted by molar-refractivity contribution is 7.99. The van der Waals surface area contributed by atoms with Crippen LogP contribution in [0.15, 0.2) is 64.2 Å². The number of carbonyl (C=O) groups excluding carboxylic acids is 2. The number of aromatic nitrogens is 2. The molecule has 0 aliphatic carbocycles. The molecule has 26 heavy (non-hydrogen) atoms. The van der Waals surface area contributed by atoms with E-state index in [1.165, 1.54) is 0 Å². The summed E-state index contributed by atoms with van der Waals surface area (Å²) in [6, 6.07) is 15.9. The predicted octanol–water partition coefficient (Wildman–Crippen LogP) is 3.49. The van der Waals surface area contributed by atoms with E-state index in [0.717, 1.165) is 22.9 Å². The van der Waals surface area contributed by atoms with Crippen molar-refractivity contribution in [2.45, 2.75) is 12.1 Å². The molecular formula is C18H16N4O3S. The Morgan fingerprint density at radius 1 is 1.08 bits per heavy atom. The first-order valence-electron chi connectivity index (χ1n) is 7.79. The standard InChI is InChI=1S/C18H16N4O3S/c1-12-6-5-7-13(10-12)16-21-22-18(25-16)26-11-15(23)20-17(24)19-14-8-3-2-4-9-14/h2-10H,11H2,1H3,(H2,19,20,23,24). The van der Waals surface area contributed by atoms with Crippen LogP contribution in [0.5, 0.6) is 0 Å². The van der Waals surface area contributed by atoms with Gasteiger partial charge in [0.15, 0.2) is 0 Å². The van der Waals surface area contributed by atoms with E-state index in [2.05, 4.69) is 20.8 Å². The molecule has 1 heterocycles. The number of urea groups is 1. The number of nitrogens with zero attached hydrogens (tertiary/aromatic N) is 2. The maximum atomic E-state index is 11.9. The fourth-order valence-electron chi connectivity index (χ4n) is 2.14. The molecule has 0 aliphatic rings. The lowest BCUT2D eigenvalue weighted by Crippen LogP contribution is -2.35. The summed E-state index contributed by atoms with van der Waals surface area (Å²) in [7, 11) is 0. The van der Waals surface area contributed by atoms with Crippen molar-refractivity contribution in [3.63, 3.8) is 0 Å².